The minimum absolute atomic E-state index is 0.0143. The zero-order valence-corrected chi connectivity index (χ0v) is 20.2. The molecule has 1 fully saturated rings. The van der Waals surface area contributed by atoms with E-state index in [0.29, 0.717) is 18.3 Å². The third kappa shape index (κ3) is 10.2. The van der Waals surface area contributed by atoms with Crippen molar-refractivity contribution in [2.24, 2.45) is 11.8 Å². The first-order chi connectivity index (χ1) is 14.7. The quantitative estimate of drug-likeness (QED) is 0.232. The molecule has 1 heterocycles. The van der Waals surface area contributed by atoms with E-state index >= 15 is 0 Å². The van der Waals surface area contributed by atoms with Gasteiger partial charge in [-0.1, -0.05) is 82.7 Å². The maximum atomic E-state index is 11.1. The Morgan fingerprint density at radius 2 is 1.55 bits per heavy atom. The van der Waals surface area contributed by atoms with E-state index in [4.69, 9.17) is 14.9 Å². The molecule has 0 spiro atoms. The van der Waals surface area contributed by atoms with Gasteiger partial charge < -0.3 is 5.11 Å². The van der Waals surface area contributed by atoms with Gasteiger partial charge in [0.1, 0.15) is 11.2 Å². The molecule has 31 heavy (non-hydrogen) atoms. The third-order valence-electron chi connectivity index (χ3n) is 6.56. The van der Waals surface area contributed by atoms with Crippen LogP contribution in [0.1, 0.15) is 104 Å². The predicted octanol–water partition coefficient (Wildman–Crippen LogP) is 7.36. The van der Waals surface area contributed by atoms with E-state index in [1.54, 1.807) is 0 Å². The van der Waals surface area contributed by atoms with E-state index in [2.05, 4.69) is 51.1 Å². The molecule has 1 saturated heterocycles. The average Bonchev–Trinajstić information content (AvgIpc) is 2.97. The van der Waals surface area contributed by atoms with Crippen molar-refractivity contribution in [3.63, 3.8) is 0 Å². The Balaban J connectivity index is 1.52. The Morgan fingerprint density at radius 1 is 0.935 bits per heavy atom. The van der Waals surface area contributed by atoms with Crippen LogP contribution in [0.25, 0.3) is 0 Å². The molecular formula is C27H44O4. The molecule has 0 aromatic heterocycles. The van der Waals surface area contributed by atoms with Crippen molar-refractivity contribution >= 4 is 5.97 Å². The fraction of sp³-hybridized carbons (Fsp3) is 0.741. The number of carboxylic acid groups (broad SMARTS) is 1. The number of hydrogen-bond donors (Lipinski definition) is 1. The van der Waals surface area contributed by atoms with Crippen molar-refractivity contribution in [2.75, 3.05) is 0 Å². The molecule has 0 radical (unpaired) electrons. The van der Waals surface area contributed by atoms with E-state index < -0.39 is 11.6 Å². The lowest BCUT2D eigenvalue weighted by molar-refractivity contribution is -0.346. The van der Waals surface area contributed by atoms with Gasteiger partial charge in [-0.15, -0.1) is 0 Å². The summed E-state index contributed by atoms with van der Waals surface area (Å²) in [5.74, 6) is 0.409. The highest BCUT2D eigenvalue weighted by Gasteiger charge is 2.47. The molecule has 176 valence electrons. The van der Waals surface area contributed by atoms with E-state index in [9.17, 15) is 4.79 Å². The lowest BCUT2D eigenvalue weighted by Crippen LogP contribution is -2.32. The van der Waals surface area contributed by atoms with Gasteiger partial charge in [0.15, 0.2) is 0 Å². The molecule has 1 aliphatic heterocycles. The zero-order valence-electron chi connectivity index (χ0n) is 20.2. The van der Waals surface area contributed by atoms with Crippen LogP contribution in [0.2, 0.25) is 0 Å². The van der Waals surface area contributed by atoms with Gasteiger partial charge in [0.2, 0.25) is 0 Å². The number of carboxylic acids is 1. The summed E-state index contributed by atoms with van der Waals surface area (Å²) in [6, 6.07) is 10.8. The van der Waals surface area contributed by atoms with Crippen LogP contribution < -0.4 is 0 Å². The normalized spacial score (nSPS) is 25.4. The number of carbonyl (C=O) groups is 1. The Kier molecular flexibility index (Phi) is 10.5. The largest absolute Gasteiger partial charge is 0.481 e. The summed E-state index contributed by atoms with van der Waals surface area (Å²) in [6.07, 6.45) is 13.2. The van der Waals surface area contributed by atoms with Crippen LogP contribution in [-0.4, -0.2) is 22.3 Å². The van der Waals surface area contributed by atoms with Crippen LogP contribution in [0.15, 0.2) is 30.3 Å². The Morgan fingerprint density at radius 3 is 2.23 bits per heavy atom. The zero-order chi connectivity index (χ0) is 22.7. The van der Waals surface area contributed by atoms with Crippen LogP contribution in [0.3, 0.4) is 0 Å². The molecule has 1 aromatic carbocycles. The summed E-state index contributed by atoms with van der Waals surface area (Å²) in [5, 5.41) is 9.09. The second-order valence-electron chi connectivity index (χ2n) is 10.6. The van der Waals surface area contributed by atoms with Gasteiger partial charge in [0.05, 0.1) is 6.42 Å². The molecule has 4 nitrogen and oxygen atoms in total. The number of rotatable bonds is 15. The molecule has 0 saturated carbocycles. The van der Waals surface area contributed by atoms with Crippen molar-refractivity contribution in [3.8, 4) is 0 Å². The summed E-state index contributed by atoms with van der Waals surface area (Å²) in [6.45, 7) is 8.53. The first kappa shape index (κ1) is 25.9. The van der Waals surface area contributed by atoms with E-state index in [1.807, 2.05) is 6.92 Å². The van der Waals surface area contributed by atoms with Gasteiger partial charge in [0.25, 0.3) is 0 Å². The summed E-state index contributed by atoms with van der Waals surface area (Å²) < 4.78 is 0. The van der Waals surface area contributed by atoms with Crippen molar-refractivity contribution < 1.29 is 19.7 Å². The van der Waals surface area contributed by atoms with Crippen LogP contribution >= 0.6 is 0 Å². The highest BCUT2D eigenvalue weighted by molar-refractivity contribution is 5.68. The molecule has 0 amide bonds. The lowest BCUT2D eigenvalue weighted by Gasteiger charge is -2.26. The average molecular weight is 433 g/mol. The maximum Gasteiger partial charge on any atom is 0.306 e. The predicted molar refractivity (Wildman–Crippen MR) is 126 cm³/mol. The number of unbranched alkanes of at least 4 members (excludes halogenated alkanes) is 5. The Labute approximate surface area is 189 Å². The van der Waals surface area contributed by atoms with Gasteiger partial charge in [-0.2, -0.15) is 0 Å². The molecule has 1 N–H and O–H groups in total. The first-order valence-corrected chi connectivity index (χ1v) is 12.3. The number of aliphatic carboxylic acids is 1. The standard InChI is InChI=1S/C27H44O4/c1-22(14-10-7-5-6-8-11-15-24-16-12-9-13-17-24)18-23(2)19-26(3)21-27(4,31-30-26)20-25(28)29/h9,12-13,16-17,22-23H,5-8,10-11,14-15,18-21H2,1-4H3,(H,28,29)/t22-,23+,26+,27-/m0/s1. The fourth-order valence-corrected chi connectivity index (χ4v) is 5.37. The van der Waals surface area contributed by atoms with Gasteiger partial charge in [0, 0.05) is 6.42 Å². The van der Waals surface area contributed by atoms with E-state index in [0.717, 1.165) is 6.42 Å². The molecule has 1 aromatic rings. The molecular weight excluding hydrogens is 388 g/mol. The van der Waals surface area contributed by atoms with Crippen LogP contribution in [0.4, 0.5) is 0 Å². The first-order valence-electron chi connectivity index (χ1n) is 12.3. The molecule has 1 aliphatic rings. The molecule has 2 rings (SSSR count). The van der Waals surface area contributed by atoms with Crippen LogP contribution in [0.5, 0.6) is 0 Å². The van der Waals surface area contributed by atoms with E-state index in [-0.39, 0.29) is 12.0 Å². The van der Waals surface area contributed by atoms with Crippen molar-refractivity contribution in [1.82, 2.24) is 0 Å². The molecule has 0 bridgehead atoms. The number of hydrogen-bond acceptors (Lipinski definition) is 3. The molecule has 4 atom stereocenters. The minimum atomic E-state index is -0.840. The highest BCUT2D eigenvalue weighted by atomic mass is 17.2. The molecule has 0 aliphatic carbocycles. The second-order valence-corrected chi connectivity index (χ2v) is 10.6. The topological polar surface area (TPSA) is 55.8 Å². The van der Waals surface area contributed by atoms with Gasteiger partial charge in [-0.25, -0.2) is 9.78 Å². The monoisotopic (exact) mass is 432 g/mol. The van der Waals surface area contributed by atoms with E-state index in [1.165, 1.54) is 63.4 Å². The second kappa shape index (κ2) is 12.6. The van der Waals surface area contributed by atoms with Crippen molar-refractivity contribution in [2.45, 2.75) is 116 Å². The SMILES string of the molecule is C[C@H](C[C@@H](C)CCCCCCCCc1ccccc1)C[C@]1(C)C[C@](C)(CC(=O)O)OO1. The van der Waals surface area contributed by atoms with Crippen molar-refractivity contribution in [1.29, 1.82) is 0 Å². The van der Waals surface area contributed by atoms with Gasteiger partial charge in [-0.3, -0.25) is 4.79 Å². The smallest absolute Gasteiger partial charge is 0.306 e. The maximum absolute atomic E-state index is 11.1. The summed E-state index contributed by atoms with van der Waals surface area (Å²) >= 11 is 0. The Hall–Kier alpha value is -1.39. The highest BCUT2D eigenvalue weighted by Crippen LogP contribution is 2.42. The van der Waals surface area contributed by atoms with Crippen LogP contribution in [0, 0.1) is 11.8 Å². The Bertz CT molecular complexity index is 646. The third-order valence-corrected chi connectivity index (χ3v) is 6.56. The number of benzene rings is 1. The van der Waals surface area contributed by atoms with Crippen LogP contribution in [-0.2, 0) is 21.0 Å². The van der Waals surface area contributed by atoms with Crippen molar-refractivity contribution in [3.05, 3.63) is 35.9 Å². The summed E-state index contributed by atoms with van der Waals surface area (Å²) in [4.78, 5) is 22.1. The summed E-state index contributed by atoms with van der Waals surface area (Å²) in [5.41, 5.74) is 0.358. The molecule has 4 heteroatoms. The number of aryl methyl sites for hydroxylation is 1. The van der Waals surface area contributed by atoms with Gasteiger partial charge in [-0.05, 0) is 56.9 Å². The fourth-order valence-electron chi connectivity index (χ4n) is 5.37. The molecule has 0 unspecified atom stereocenters. The lowest BCUT2D eigenvalue weighted by atomic mass is 9.80. The summed E-state index contributed by atoms with van der Waals surface area (Å²) in [7, 11) is 0. The minimum Gasteiger partial charge on any atom is -0.481 e. The van der Waals surface area contributed by atoms with Gasteiger partial charge >= 0.3 is 5.97 Å².